The topological polar surface area (TPSA) is 59.0 Å². The molecule has 104 valence electrons. The molecule has 2 heterocycles. The van der Waals surface area contributed by atoms with Crippen molar-refractivity contribution in [3.05, 3.63) is 47.8 Å². The molecule has 0 radical (unpaired) electrons. The molecule has 0 atom stereocenters. The van der Waals surface area contributed by atoms with E-state index in [4.69, 9.17) is 0 Å². The molecule has 0 spiro atoms. The Morgan fingerprint density at radius 2 is 2.40 bits per heavy atom. The summed E-state index contributed by atoms with van der Waals surface area (Å²) in [5.74, 6) is 0.000153. The third kappa shape index (κ3) is 2.82. The summed E-state index contributed by atoms with van der Waals surface area (Å²) in [7, 11) is 0. The van der Waals surface area contributed by atoms with Gasteiger partial charge < -0.3 is 10.6 Å². The number of benzene rings is 1. The van der Waals surface area contributed by atoms with Crippen LogP contribution in [0.4, 0.5) is 5.69 Å². The van der Waals surface area contributed by atoms with Crippen molar-refractivity contribution >= 4 is 11.6 Å². The highest BCUT2D eigenvalue weighted by Crippen LogP contribution is 2.22. The molecule has 1 aromatic heterocycles. The van der Waals surface area contributed by atoms with E-state index in [1.165, 1.54) is 5.56 Å². The summed E-state index contributed by atoms with van der Waals surface area (Å²) in [6.45, 7) is 2.44. The Bertz CT molecular complexity index is 592. The van der Waals surface area contributed by atoms with E-state index in [0.29, 0.717) is 6.54 Å². The normalized spacial score (nSPS) is 12.8. The zero-order valence-corrected chi connectivity index (χ0v) is 11.3. The number of hydrogen-bond donors (Lipinski definition) is 2. The molecule has 1 amide bonds. The van der Waals surface area contributed by atoms with Crippen molar-refractivity contribution in [1.29, 1.82) is 0 Å². The van der Waals surface area contributed by atoms with Gasteiger partial charge in [-0.15, -0.1) is 0 Å². The van der Waals surface area contributed by atoms with E-state index < -0.39 is 0 Å². The second-order valence-electron chi connectivity index (χ2n) is 4.93. The lowest BCUT2D eigenvalue weighted by Crippen LogP contribution is -2.25. The fourth-order valence-electron chi connectivity index (χ4n) is 2.42. The second-order valence-corrected chi connectivity index (χ2v) is 4.93. The van der Waals surface area contributed by atoms with Crippen LogP contribution in [0.5, 0.6) is 0 Å². The van der Waals surface area contributed by atoms with Crippen LogP contribution < -0.4 is 10.6 Å². The van der Waals surface area contributed by atoms with Crippen LogP contribution in [0.2, 0.25) is 0 Å². The van der Waals surface area contributed by atoms with E-state index in [1.807, 2.05) is 35.1 Å². The lowest BCUT2D eigenvalue weighted by Gasteiger charge is -2.07. The SMILES string of the molecule is O=C(NCCCn1cccn1)c1ccc2c(c1)CCN2. The van der Waals surface area contributed by atoms with E-state index in [0.717, 1.165) is 37.2 Å². The minimum atomic E-state index is 0.000153. The summed E-state index contributed by atoms with van der Waals surface area (Å²) in [5, 5.41) is 10.4. The van der Waals surface area contributed by atoms with Crippen LogP contribution in [0, 0.1) is 0 Å². The number of rotatable bonds is 5. The number of amides is 1. The Balaban J connectivity index is 1.49. The Kier molecular flexibility index (Phi) is 3.67. The Hall–Kier alpha value is -2.30. The smallest absolute Gasteiger partial charge is 0.251 e. The van der Waals surface area contributed by atoms with E-state index in [9.17, 15) is 4.79 Å². The summed E-state index contributed by atoms with van der Waals surface area (Å²) >= 11 is 0. The quantitative estimate of drug-likeness (QED) is 0.813. The molecule has 0 bridgehead atoms. The molecule has 0 saturated carbocycles. The van der Waals surface area contributed by atoms with Crippen molar-refractivity contribution in [2.45, 2.75) is 19.4 Å². The van der Waals surface area contributed by atoms with Gasteiger partial charge in [-0.1, -0.05) is 0 Å². The number of nitrogens with zero attached hydrogens (tertiary/aromatic N) is 2. The molecule has 0 unspecified atom stereocenters. The Labute approximate surface area is 118 Å². The summed E-state index contributed by atoms with van der Waals surface area (Å²) in [6, 6.07) is 7.75. The number of fused-ring (bicyclic) bond motifs is 1. The summed E-state index contributed by atoms with van der Waals surface area (Å²) in [6.07, 6.45) is 5.56. The van der Waals surface area contributed by atoms with Gasteiger partial charge in [-0.25, -0.2) is 0 Å². The second kappa shape index (κ2) is 5.77. The first-order valence-electron chi connectivity index (χ1n) is 6.95. The minimum Gasteiger partial charge on any atom is -0.384 e. The van der Waals surface area contributed by atoms with Gasteiger partial charge in [-0.05, 0) is 42.7 Å². The summed E-state index contributed by atoms with van der Waals surface area (Å²) in [5.41, 5.74) is 3.13. The van der Waals surface area contributed by atoms with E-state index >= 15 is 0 Å². The predicted molar refractivity (Wildman–Crippen MR) is 77.8 cm³/mol. The molecule has 2 aromatic rings. The van der Waals surface area contributed by atoms with Crippen LogP contribution >= 0.6 is 0 Å². The lowest BCUT2D eigenvalue weighted by atomic mass is 10.1. The summed E-state index contributed by atoms with van der Waals surface area (Å²) < 4.78 is 1.87. The molecule has 1 aliphatic rings. The highest BCUT2D eigenvalue weighted by Gasteiger charge is 2.12. The van der Waals surface area contributed by atoms with Crippen molar-refractivity contribution in [1.82, 2.24) is 15.1 Å². The van der Waals surface area contributed by atoms with Gasteiger partial charge in [0.25, 0.3) is 5.91 Å². The average molecular weight is 270 g/mol. The zero-order valence-electron chi connectivity index (χ0n) is 11.3. The van der Waals surface area contributed by atoms with Crippen LogP contribution in [0.15, 0.2) is 36.7 Å². The van der Waals surface area contributed by atoms with Crippen molar-refractivity contribution in [3.63, 3.8) is 0 Å². The first-order chi connectivity index (χ1) is 9.83. The van der Waals surface area contributed by atoms with Crippen LogP contribution in [-0.2, 0) is 13.0 Å². The largest absolute Gasteiger partial charge is 0.384 e. The number of hydrogen-bond acceptors (Lipinski definition) is 3. The molecule has 0 saturated heterocycles. The van der Waals surface area contributed by atoms with Crippen LogP contribution in [0.1, 0.15) is 22.3 Å². The van der Waals surface area contributed by atoms with Crippen LogP contribution in [-0.4, -0.2) is 28.8 Å². The number of aromatic nitrogens is 2. The van der Waals surface area contributed by atoms with Crippen molar-refractivity contribution in [2.75, 3.05) is 18.4 Å². The van der Waals surface area contributed by atoms with Gasteiger partial charge in [0, 0.05) is 43.3 Å². The highest BCUT2D eigenvalue weighted by molar-refractivity contribution is 5.95. The third-order valence-electron chi connectivity index (χ3n) is 3.49. The fraction of sp³-hybridized carbons (Fsp3) is 0.333. The van der Waals surface area contributed by atoms with Gasteiger partial charge in [0.15, 0.2) is 0 Å². The first kappa shape index (κ1) is 12.7. The Morgan fingerprint density at radius 1 is 1.45 bits per heavy atom. The lowest BCUT2D eigenvalue weighted by molar-refractivity contribution is 0.0952. The van der Waals surface area contributed by atoms with E-state index in [1.54, 1.807) is 6.20 Å². The number of anilines is 1. The molecule has 20 heavy (non-hydrogen) atoms. The molecule has 1 aliphatic heterocycles. The standard InChI is InChI=1S/C15H18N4O/c20-15(17-6-1-9-19-10-2-7-18-19)13-3-4-14-12(11-13)5-8-16-14/h2-4,7,10-11,16H,1,5-6,8-9H2,(H,17,20). The molecular formula is C15H18N4O. The molecule has 0 fully saturated rings. The number of carbonyl (C=O) groups is 1. The van der Waals surface area contributed by atoms with Crippen LogP contribution in [0.25, 0.3) is 0 Å². The van der Waals surface area contributed by atoms with Gasteiger partial charge in [0.1, 0.15) is 0 Å². The van der Waals surface area contributed by atoms with E-state index in [2.05, 4.69) is 15.7 Å². The molecular weight excluding hydrogens is 252 g/mol. The molecule has 5 heteroatoms. The Morgan fingerprint density at radius 3 is 3.25 bits per heavy atom. The maximum absolute atomic E-state index is 12.1. The van der Waals surface area contributed by atoms with Crippen LogP contribution in [0.3, 0.4) is 0 Å². The molecule has 1 aromatic carbocycles. The number of aryl methyl sites for hydroxylation is 1. The fourth-order valence-corrected chi connectivity index (χ4v) is 2.42. The highest BCUT2D eigenvalue weighted by atomic mass is 16.1. The van der Waals surface area contributed by atoms with Gasteiger partial charge in [0.2, 0.25) is 0 Å². The monoisotopic (exact) mass is 270 g/mol. The molecule has 2 N–H and O–H groups in total. The van der Waals surface area contributed by atoms with Crippen molar-refractivity contribution in [2.24, 2.45) is 0 Å². The van der Waals surface area contributed by atoms with Crippen molar-refractivity contribution < 1.29 is 4.79 Å². The van der Waals surface area contributed by atoms with Gasteiger partial charge in [-0.3, -0.25) is 9.48 Å². The predicted octanol–water partition coefficient (Wildman–Crippen LogP) is 1.67. The summed E-state index contributed by atoms with van der Waals surface area (Å²) in [4.78, 5) is 12.1. The minimum absolute atomic E-state index is 0.000153. The molecule has 3 rings (SSSR count). The number of carbonyl (C=O) groups excluding carboxylic acids is 1. The maximum Gasteiger partial charge on any atom is 0.251 e. The first-order valence-corrected chi connectivity index (χ1v) is 6.95. The maximum atomic E-state index is 12.1. The average Bonchev–Trinajstić information content (AvgIpc) is 3.13. The molecule has 5 nitrogen and oxygen atoms in total. The zero-order chi connectivity index (χ0) is 13.8. The molecule has 0 aliphatic carbocycles. The third-order valence-corrected chi connectivity index (χ3v) is 3.49. The number of nitrogens with one attached hydrogen (secondary N) is 2. The van der Waals surface area contributed by atoms with E-state index in [-0.39, 0.29) is 5.91 Å². The van der Waals surface area contributed by atoms with Gasteiger partial charge in [-0.2, -0.15) is 5.10 Å². The van der Waals surface area contributed by atoms with Crippen molar-refractivity contribution in [3.8, 4) is 0 Å². The van der Waals surface area contributed by atoms with Gasteiger partial charge in [0.05, 0.1) is 0 Å². The van der Waals surface area contributed by atoms with Gasteiger partial charge >= 0.3 is 0 Å².